The number of ether oxygens (including phenoxy) is 1. The number of hydrogen-bond acceptors (Lipinski definition) is 3. The van der Waals surface area contributed by atoms with Crippen LogP contribution in [0.5, 0.6) is 0 Å². The monoisotopic (exact) mass is 274 g/mol. The molecule has 0 heterocycles. The van der Waals surface area contributed by atoms with E-state index in [0.717, 1.165) is 0 Å². The lowest BCUT2D eigenvalue weighted by Crippen LogP contribution is -2.40. The van der Waals surface area contributed by atoms with E-state index in [1.165, 1.54) is 21.0 Å². The van der Waals surface area contributed by atoms with E-state index in [-0.39, 0.29) is 23.2 Å². The summed E-state index contributed by atoms with van der Waals surface area (Å²) in [4.78, 5) is 11.3. The Kier molecular flexibility index (Phi) is 4.17. The van der Waals surface area contributed by atoms with Crippen LogP contribution in [0.3, 0.4) is 0 Å². The van der Waals surface area contributed by atoms with Crippen LogP contribution < -0.4 is 11.2 Å². The topological polar surface area (TPSA) is 52.3 Å². The second-order valence-electron chi connectivity index (χ2n) is 4.51. The molecule has 1 aromatic carbocycles. The predicted molar refractivity (Wildman–Crippen MR) is 69.5 cm³/mol. The van der Waals surface area contributed by atoms with Crippen molar-refractivity contribution >= 4 is 24.1 Å². The molecule has 1 rings (SSSR count). The number of nitrogen functional groups attached to an aromatic ring is 1. The molecule has 0 amide bonds. The Bertz CT molecular complexity index is 527. The van der Waals surface area contributed by atoms with Crippen molar-refractivity contribution < 1.29 is 22.5 Å². The van der Waals surface area contributed by atoms with Gasteiger partial charge < -0.3 is 23.4 Å². The summed E-state index contributed by atoms with van der Waals surface area (Å²) >= 11 is 0. The Balaban J connectivity index is 3.57. The van der Waals surface area contributed by atoms with Crippen LogP contribution in [0.4, 0.5) is 18.6 Å². The highest BCUT2D eigenvalue weighted by Crippen LogP contribution is 2.27. The molecule has 0 saturated carbocycles. The third-order valence-corrected chi connectivity index (χ3v) is 3.40. The predicted octanol–water partition coefficient (Wildman–Crippen LogP) is 1.96. The fourth-order valence-electron chi connectivity index (χ4n) is 2.29. The van der Waals surface area contributed by atoms with Gasteiger partial charge in [0.25, 0.3) is 0 Å². The lowest BCUT2D eigenvalue weighted by molar-refractivity contribution is -0.139. The first-order valence-electron chi connectivity index (χ1n) is 5.76. The molecule has 7 heteroatoms. The van der Waals surface area contributed by atoms with E-state index in [9.17, 15) is 17.7 Å². The highest BCUT2D eigenvalue weighted by atomic mass is 19.4. The Hall–Kier alpha value is -1.66. The molecule has 0 aliphatic heterocycles. The summed E-state index contributed by atoms with van der Waals surface area (Å²) in [7, 11) is 1.19. The van der Waals surface area contributed by atoms with Crippen molar-refractivity contribution in [2.24, 2.45) is 0 Å². The zero-order chi connectivity index (χ0) is 15.0. The van der Waals surface area contributed by atoms with E-state index >= 15 is 0 Å². The fraction of sp³-hybridized carbons (Fsp3) is 0.417. The minimum absolute atomic E-state index is 0.0242. The largest absolute Gasteiger partial charge is 0.510 e. The van der Waals surface area contributed by atoms with Crippen LogP contribution >= 0.6 is 0 Å². The second-order valence-corrected chi connectivity index (χ2v) is 4.51. The Morgan fingerprint density at radius 2 is 1.68 bits per heavy atom. The standard InChI is InChI=1S/C12H16BF3NO2/c1-6-9(5-10(18)19-4)7(2)12(17)8(3)11(6)13(14,15)16/h5,17H2,1-4H3/q-1. The molecule has 0 aliphatic carbocycles. The number of anilines is 1. The van der Waals surface area contributed by atoms with Gasteiger partial charge in [-0.1, -0.05) is 11.1 Å². The molecule has 0 fully saturated rings. The number of nitrogens with two attached hydrogens (primary N) is 1. The molecule has 1 aromatic rings. The summed E-state index contributed by atoms with van der Waals surface area (Å²) in [5.74, 6) is -0.588. The van der Waals surface area contributed by atoms with Crippen molar-refractivity contribution in [2.75, 3.05) is 12.8 Å². The molecule has 0 bridgehead atoms. The number of esters is 1. The molecule has 0 aliphatic rings. The van der Waals surface area contributed by atoms with Gasteiger partial charge in [0.05, 0.1) is 13.5 Å². The Morgan fingerprint density at radius 3 is 2.11 bits per heavy atom. The molecular weight excluding hydrogens is 258 g/mol. The summed E-state index contributed by atoms with van der Waals surface area (Å²) in [6, 6.07) is 0. The molecule has 2 N–H and O–H groups in total. The van der Waals surface area contributed by atoms with Crippen LogP contribution in [0.1, 0.15) is 22.3 Å². The maximum Gasteiger partial charge on any atom is 0.510 e. The highest BCUT2D eigenvalue weighted by Gasteiger charge is 2.32. The first kappa shape index (κ1) is 15.4. The van der Waals surface area contributed by atoms with Crippen molar-refractivity contribution in [3.63, 3.8) is 0 Å². The summed E-state index contributed by atoms with van der Waals surface area (Å²) in [6.07, 6.45) is -0.211. The average Bonchev–Trinajstić information content (AvgIpc) is 2.30. The molecule has 106 valence electrons. The van der Waals surface area contributed by atoms with Gasteiger partial charge in [-0.15, -0.1) is 5.46 Å². The summed E-state index contributed by atoms with van der Waals surface area (Å²) in [5, 5.41) is 0. The Morgan fingerprint density at radius 1 is 1.16 bits per heavy atom. The van der Waals surface area contributed by atoms with Crippen molar-refractivity contribution in [3.8, 4) is 0 Å². The SMILES string of the molecule is COC(=O)Cc1c(C)c(N)c(C)c([B-](F)(F)F)c1C. The maximum absolute atomic E-state index is 13.1. The normalized spacial score (nSPS) is 11.5. The fourth-order valence-corrected chi connectivity index (χ4v) is 2.29. The van der Waals surface area contributed by atoms with E-state index in [2.05, 4.69) is 4.74 Å². The van der Waals surface area contributed by atoms with Crippen molar-refractivity contribution in [3.05, 3.63) is 22.3 Å². The van der Waals surface area contributed by atoms with Crippen LogP contribution in [0.25, 0.3) is 0 Å². The van der Waals surface area contributed by atoms with Gasteiger partial charge in [0.1, 0.15) is 0 Å². The van der Waals surface area contributed by atoms with Gasteiger partial charge in [-0.05, 0) is 31.9 Å². The van der Waals surface area contributed by atoms with Crippen LogP contribution in [0.15, 0.2) is 0 Å². The Labute approximate surface area is 110 Å². The minimum Gasteiger partial charge on any atom is -0.469 e. The minimum atomic E-state index is -5.18. The van der Waals surface area contributed by atoms with Crippen LogP contribution in [0.2, 0.25) is 0 Å². The van der Waals surface area contributed by atoms with Gasteiger partial charge in [-0.3, -0.25) is 4.79 Å². The zero-order valence-electron chi connectivity index (χ0n) is 11.3. The number of hydrogen-bond donors (Lipinski definition) is 1. The maximum atomic E-state index is 13.1. The van der Waals surface area contributed by atoms with Crippen molar-refractivity contribution in [1.29, 1.82) is 0 Å². The number of benzene rings is 1. The third-order valence-electron chi connectivity index (χ3n) is 3.40. The first-order chi connectivity index (χ1) is 8.61. The lowest BCUT2D eigenvalue weighted by atomic mass is 9.71. The molecule has 0 aromatic heterocycles. The van der Waals surface area contributed by atoms with Gasteiger partial charge in [0.2, 0.25) is 0 Å². The van der Waals surface area contributed by atoms with Gasteiger partial charge in [-0.25, -0.2) is 0 Å². The van der Waals surface area contributed by atoms with Crippen LogP contribution in [-0.2, 0) is 16.0 Å². The second kappa shape index (κ2) is 5.15. The average molecular weight is 274 g/mol. The third kappa shape index (κ3) is 2.85. The smallest absolute Gasteiger partial charge is 0.469 e. The number of halogens is 3. The van der Waals surface area contributed by atoms with E-state index < -0.39 is 18.4 Å². The summed E-state index contributed by atoms with van der Waals surface area (Å²) in [6.45, 7) is -0.851. The molecule has 0 spiro atoms. The van der Waals surface area contributed by atoms with E-state index in [0.29, 0.717) is 11.1 Å². The molecule has 19 heavy (non-hydrogen) atoms. The van der Waals surface area contributed by atoms with Gasteiger partial charge >= 0.3 is 12.9 Å². The highest BCUT2D eigenvalue weighted by molar-refractivity contribution is 6.74. The van der Waals surface area contributed by atoms with Crippen molar-refractivity contribution in [2.45, 2.75) is 27.2 Å². The number of carbonyl (C=O) groups excluding carboxylic acids is 1. The van der Waals surface area contributed by atoms with E-state index in [4.69, 9.17) is 5.73 Å². The van der Waals surface area contributed by atoms with E-state index in [1.807, 2.05) is 0 Å². The number of carbonyl (C=O) groups is 1. The number of methoxy groups -OCH3 is 1. The molecule has 0 unspecified atom stereocenters. The molecular formula is C12H16BF3NO2-. The molecule has 0 saturated heterocycles. The van der Waals surface area contributed by atoms with Crippen LogP contribution in [0, 0.1) is 20.8 Å². The number of rotatable bonds is 3. The van der Waals surface area contributed by atoms with Gasteiger partial charge in [0.15, 0.2) is 0 Å². The van der Waals surface area contributed by atoms with Crippen LogP contribution in [-0.4, -0.2) is 20.1 Å². The van der Waals surface area contributed by atoms with E-state index in [1.54, 1.807) is 6.92 Å². The molecule has 3 nitrogen and oxygen atoms in total. The van der Waals surface area contributed by atoms with Crippen molar-refractivity contribution in [1.82, 2.24) is 0 Å². The molecule has 0 atom stereocenters. The van der Waals surface area contributed by atoms with Gasteiger partial charge in [-0.2, -0.15) is 0 Å². The molecule has 0 radical (unpaired) electrons. The first-order valence-corrected chi connectivity index (χ1v) is 5.76. The zero-order valence-corrected chi connectivity index (χ0v) is 11.3. The quantitative estimate of drug-likeness (QED) is 0.521. The summed E-state index contributed by atoms with van der Waals surface area (Å²) < 4.78 is 43.8. The van der Waals surface area contributed by atoms with Gasteiger partial charge in [0, 0.05) is 5.69 Å². The lowest BCUT2D eigenvalue weighted by Gasteiger charge is -2.26. The summed E-state index contributed by atoms with van der Waals surface area (Å²) in [5.41, 5.74) is 5.98.